The summed E-state index contributed by atoms with van der Waals surface area (Å²) in [6.07, 6.45) is 3.00. The van der Waals surface area contributed by atoms with E-state index in [2.05, 4.69) is 9.97 Å². The minimum atomic E-state index is -0.754. The predicted molar refractivity (Wildman–Crippen MR) is 80.9 cm³/mol. The van der Waals surface area contributed by atoms with Gasteiger partial charge in [-0.05, 0) is 37.8 Å². The molecular formula is C16H17N3O4. The number of piperidine rings is 1. The molecule has 4 rings (SSSR count). The van der Waals surface area contributed by atoms with Gasteiger partial charge in [0.05, 0.1) is 17.6 Å². The van der Waals surface area contributed by atoms with Crippen LogP contribution in [0, 0.1) is 12.8 Å². The summed E-state index contributed by atoms with van der Waals surface area (Å²) in [7, 11) is 0. The molecule has 0 bridgehead atoms. The van der Waals surface area contributed by atoms with Gasteiger partial charge in [0.1, 0.15) is 5.56 Å². The molecule has 120 valence electrons. The molecule has 1 saturated carbocycles. The van der Waals surface area contributed by atoms with E-state index in [9.17, 15) is 14.7 Å². The minimum absolute atomic E-state index is 0.0306. The Hall–Kier alpha value is -2.41. The summed E-state index contributed by atoms with van der Waals surface area (Å²) in [6.45, 7) is 2.48. The normalized spacial score (nSPS) is 26.0. The quantitative estimate of drug-likeness (QED) is 0.859. The van der Waals surface area contributed by atoms with E-state index in [1.165, 1.54) is 6.26 Å². The predicted octanol–water partition coefficient (Wildman–Crippen LogP) is 0.935. The highest BCUT2D eigenvalue weighted by Crippen LogP contribution is 2.49. The van der Waals surface area contributed by atoms with Gasteiger partial charge in [0.25, 0.3) is 11.5 Å². The molecule has 0 spiro atoms. The van der Waals surface area contributed by atoms with Crippen LogP contribution < -0.4 is 5.56 Å². The summed E-state index contributed by atoms with van der Waals surface area (Å²) >= 11 is 0. The molecule has 1 aliphatic heterocycles. The summed E-state index contributed by atoms with van der Waals surface area (Å²) < 4.78 is 5.22. The average Bonchev–Trinajstić information content (AvgIpc) is 2.93. The lowest BCUT2D eigenvalue weighted by Gasteiger charge is -2.30. The van der Waals surface area contributed by atoms with Crippen LogP contribution >= 0.6 is 0 Å². The number of likely N-dealkylation sites (tertiary alicyclic amines) is 1. The van der Waals surface area contributed by atoms with Crippen LogP contribution in [0.15, 0.2) is 27.6 Å². The number of aryl methyl sites for hydroxylation is 1. The summed E-state index contributed by atoms with van der Waals surface area (Å²) in [6, 6.07) is 3.39. The highest BCUT2D eigenvalue weighted by molar-refractivity contribution is 5.95. The number of rotatable bonds is 2. The van der Waals surface area contributed by atoms with Gasteiger partial charge in [-0.3, -0.25) is 9.59 Å². The standard InChI is InChI=1S/C16H17N3O4/c1-9-12(14(20)18-13(17-9)11-3-2-6-23-11)15(21)19-5-4-10-7-16(10,22)8-19/h2-3,6,10,22H,4-5,7-8H2,1H3,(H,17,18,20)/t10-,16+/m1/s1. The zero-order valence-corrected chi connectivity index (χ0v) is 12.7. The first-order chi connectivity index (χ1) is 11.0. The van der Waals surface area contributed by atoms with E-state index in [1.54, 1.807) is 24.0 Å². The Labute approximate surface area is 132 Å². The van der Waals surface area contributed by atoms with Gasteiger partial charge >= 0.3 is 0 Å². The number of aromatic amines is 1. The van der Waals surface area contributed by atoms with E-state index in [1.807, 2.05) is 0 Å². The topological polar surface area (TPSA) is 99.4 Å². The fraction of sp³-hybridized carbons (Fsp3) is 0.438. The average molecular weight is 315 g/mol. The van der Waals surface area contributed by atoms with Crippen LogP contribution in [0.25, 0.3) is 11.6 Å². The third-order valence-corrected chi connectivity index (χ3v) is 4.77. The van der Waals surface area contributed by atoms with Crippen molar-refractivity contribution in [2.24, 2.45) is 5.92 Å². The lowest BCUT2D eigenvalue weighted by Crippen LogP contribution is -2.45. The maximum Gasteiger partial charge on any atom is 0.264 e. The van der Waals surface area contributed by atoms with E-state index in [0.29, 0.717) is 29.7 Å². The molecule has 1 saturated heterocycles. The summed E-state index contributed by atoms with van der Waals surface area (Å²) in [5.41, 5.74) is -0.854. The Morgan fingerprint density at radius 3 is 3.04 bits per heavy atom. The molecule has 2 N–H and O–H groups in total. The van der Waals surface area contributed by atoms with E-state index >= 15 is 0 Å². The Balaban J connectivity index is 1.66. The molecule has 7 nitrogen and oxygen atoms in total. The Morgan fingerprint density at radius 2 is 2.39 bits per heavy atom. The number of amides is 1. The third kappa shape index (κ3) is 2.28. The van der Waals surface area contributed by atoms with Gasteiger partial charge in [-0.15, -0.1) is 0 Å². The van der Waals surface area contributed by atoms with Crippen LogP contribution in [0.1, 0.15) is 28.9 Å². The molecule has 7 heteroatoms. The minimum Gasteiger partial charge on any atom is -0.461 e. The second-order valence-electron chi connectivity index (χ2n) is 6.37. The number of carbonyl (C=O) groups excluding carboxylic acids is 1. The fourth-order valence-electron chi connectivity index (χ4n) is 3.35. The van der Waals surface area contributed by atoms with Crippen LogP contribution in [0.3, 0.4) is 0 Å². The lowest BCUT2D eigenvalue weighted by molar-refractivity contribution is 0.0375. The molecule has 3 heterocycles. The first-order valence-electron chi connectivity index (χ1n) is 7.64. The number of β-amino-alcohol motifs (C(OH)–C–C–N with tert-alkyl or cyclic N) is 1. The van der Waals surface area contributed by atoms with Crippen molar-refractivity contribution in [2.45, 2.75) is 25.4 Å². The molecule has 1 aliphatic carbocycles. The molecule has 0 aromatic carbocycles. The van der Waals surface area contributed by atoms with E-state index in [0.717, 1.165) is 12.8 Å². The molecular weight excluding hydrogens is 298 g/mol. The van der Waals surface area contributed by atoms with Crippen molar-refractivity contribution in [3.8, 4) is 11.6 Å². The number of hydrogen-bond donors (Lipinski definition) is 2. The van der Waals surface area contributed by atoms with Gasteiger partial charge in [-0.25, -0.2) is 4.98 Å². The second kappa shape index (κ2) is 4.79. The van der Waals surface area contributed by atoms with Gasteiger partial charge in [-0.1, -0.05) is 0 Å². The molecule has 2 aromatic rings. The molecule has 2 aliphatic rings. The van der Waals surface area contributed by atoms with Crippen LogP contribution in [-0.2, 0) is 0 Å². The largest absolute Gasteiger partial charge is 0.461 e. The van der Waals surface area contributed by atoms with E-state index in [4.69, 9.17) is 4.42 Å². The molecule has 0 unspecified atom stereocenters. The molecule has 1 amide bonds. The van der Waals surface area contributed by atoms with Crippen molar-refractivity contribution in [3.63, 3.8) is 0 Å². The van der Waals surface area contributed by atoms with Crippen LogP contribution in [0.5, 0.6) is 0 Å². The SMILES string of the molecule is Cc1nc(-c2ccco2)[nH]c(=O)c1C(=O)N1CC[C@@H]2C[C@]2(O)C1. The maximum atomic E-state index is 12.7. The third-order valence-electron chi connectivity index (χ3n) is 4.77. The summed E-state index contributed by atoms with van der Waals surface area (Å²) in [4.78, 5) is 33.5. The highest BCUT2D eigenvalue weighted by atomic mass is 16.3. The fourth-order valence-corrected chi connectivity index (χ4v) is 3.35. The van der Waals surface area contributed by atoms with Gasteiger partial charge < -0.3 is 19.4 Å². The van der Waals surface area contributed by atoms with Crippen molar-refractivity contribution in [3.05, 3.63) is 40.0 Å². The van der Waals surface area contributed by atoms with E-state index in [-0.39, 0.29) is 18.0 Å². The molecule has 2 atom stereocenters. The Bertz CT molecular complexity index is 826. The van der Waals surface area contributed by atoms with Crippen molar-refractivity contribution in [2.75, 3.05) is 13.1 Å². The van der Waals surface area contributed by atoms with Gasteiger partial charge in [-0.2, -0.15) is 0 Å². The first-order valence-corrected chi connectivity index (χ1v) is 7.64. The highest BCUT2D eigenvalue weighted by Gasteiger charge is 2.56. The van der Waals surface area contributed by atoms with Gasteiger partial charge in [0, 0.05) is 13.1 Å². The number of fused-ring (bicyclic) bond motifs is 1. The first kappa shape index (κ1) is 14.2. The van der Waals surface area contributed by atoms with Crippen LogP contribution in [0.4, 0.5) is 0 Å². The van der Waals surface area contributed by atoms with E-state index < -0.39 is 11.2 Å². The number of nitrogens with zero attached hydrogens (tertiary/aromatic N) is 2. The summed E-state index contributed by atoms with van der Waals surface area (Å²) in [5.74, 6) is 0.664. The lowest BCUT2D eigenvalue weighted by atomic mass is 10.1. The van der Waals surface area contributed by atoms with Gasteiger partial charge in [0.2, 0.25) is 0 Å². The number of aliphatic hydroxyl groups is 1. The molecule has 23 heavy (non-hydrogen) atoms. The Kier molecular flexibility index (Phi) is 2.96. The molecule has 2 aromatic heterocycles. The van der Waals surface area contributed by atoms with Crippen molar-refractivity contribution < 1.29 is 14.3 Å². The summed E-state index contributed by atoms with van der Waals surface area (Å²) in [5, 5.41) is 10.2. The molecule has 0 radical (unpaired) electrons. The van der Waals surface area contributed by atoms with Gasteiger partial charge in [0.15, 0.2) is 11.6 Å². The monoisotopic (exact) mass is 315 g/mol. The Morgan fingerprint density at radius 1 is 1.57 bits per heavy atom. The second-order valence-corrected chi connectivity index (χ2v) is 6.37. The number of nitrogens with one attached hydrogen (secondary N) is 1. The number of carbonyl (C=O) groups is 1. The smallest absolute Gasteiger partial charge is 0.264 e. The van der Waals surface area contributed by atoms with Crippen molar-refractivity contribution in [1.29, 1.82) is 0 Å². The van der Waals surface area contributed by atoms with Crippen LogP contribution in [0.2, 0.25) is 0 Å². The van der Waals surface area contributed by atoms with Crippen molar-refractivity contribution >= 4 is 5.91 Å². The zero-order valence-electron chi connectivity index (χ0n) is 12.7. The van der Waals surface area contributed by atoms with Crippen molar-refractivity contribution in [1.82, 2.24) is 14.9 Å². The number of hydrogen-bond acceptors (Lipinski definition) is 5. The zero-order chi connectivity index (χ0) is 16.2. The number of furan rings is 1. The molecule has 2 fully saturated rings. The van der Waals surface area contributed by atoms with Crippen LogP contribution in [-0.4, -0.2) is 44.6 Å². The number of aromatic nitrogens is 2. The number of H-pyrrole nitrogens is 1. The maximum absolute atomic E-state index is 12.7.